The molecular formula is C35H38N4O2S2. The highest BCUT2D eigenvalue weighted by Gasteiger charge is 2.37. The molecule has 1 unspecified atom stereocenters. The van der Waals surface area contributed by atoms with E-state index in [2.05, 4.69) is 42.2 Å². The molecule has 2 fully saturated rings. The Bertz CT molecular complexity index is 1620. The Kier molecular flexibility index (Phi) is 9.84. The third kappa shape index (κ3) is 6.48. The molecule has 2 saturated heterocycles. The van der Waals surface area contributed by atoms with Crippen molar-refractivity contribution in [2.45, 2.75) is 65.5 Å². The van der Waals surface area contributed by atoms with E-state index in [1.807, 2.05) is 56.3 Å². The van der Waals surface area contributed by atoms with Crippen LogP contribution < -0.4 is 10.5 Å². The van der Waals surface area contributed by atoms with Gasteiger partial charge in [0.1, 0.15) is 21.8 Å². The minimum Gasteiger partial charge on any atom is -0.357 e. The molecule has 0 spiro atoms. The van der Waals surface area contributed by atoms with Crippen molar-refractivity contribution in [3.05, 3.63) is 104 Å². The van der Waals surface area contributed by atoms with Crippen molar-refractivity contribution >= 4 is 46.1 Å². The highest BCUT2D eigenvalue weighted by atomic mass is 32.2. The average Bonchev–Trinajstić information content (AvgIpc) is 3.31. The van der Waals surface area contributed by atoms with Gasteiger partial charge in [-0.1, -0.05) is 98.0 Å². The number of nitrogens with zero attached hydrogens (tertiary/aromatic N) is 4. The summed E-state index contributed by atoms with van der Waals surface area (Å²) >= 11 is 6.99. The predicted molar refractivity (Wildman–Crippen MR) is 180 cm³/mol. The zero-order chi connectivity index (χ0) is 30.5. The number of thioether (sulfide) groups is 1. The fraction of sp³-hybridized carbons (Fsp3) is 0.371. The maximum Gasteiger partial charge on any atom is 0.270 e. The van der Waals surface area contributed by atoms with Gasteiger partial charge in [-0.3, -0.25) is 19.1 Å². The summed E-state index contributed by atoms with van der Waals surface area (Å²) in [4.78, 5) is 32.0. The second kappa shape index (κ2) is 13.7. The van der Waals surface area contributed by atoms with E-state index >= 15 is 0 Å². The molecule has 3 aromatic rings. The molecule has 0 bridgehead atoms. The van der Waals surface area contributed by atoms with E-state index in [1.165, 1.54) is 17.3 Å². The molecule has 2 aliphatic heterocycles. The zero-order valence-electron chi connectivity index (χ0n) is 25.1. The Morgan fingerprint density at radius 3 is 2.35 bits per heavy atom. The van der Waals surface area contributed by atoms with Gasteiger partial charge in [-0.15, -0.1) is 0 Å². The molecular weight excluding hydrogens is 573 g/mol. The molecule has 0 aliphatic carbocycles. The van der Waals surface area contributed by atoms with Crippen LogP contribution in [0.25, 0.3) is 6.08 Å². The summed E-state index contributed by atoms with van der Waals surface area (Å²) in [6.07, 6.45) is 6.67. The van der Waals surface area contributed by atoms with Gasteiger partial charge >= 0.3 is 0 Å². The standard InChI is InChI=1S/C35H38N4O2S2/c1-4-5-18-38-32(37-19-16-27(17-20-37)21-26-12-8-6-9-13-26)29(24(2)30(23-36)33(38)40)22-31-34(41)39(35(42)43-31)25(3)28-14-10-7-11-15-28/h6-15,22,25,27H,4-5,16-21H2,1-3H3. The molecule has 222 valence electrons. The van der Waals surface area contributed by atoms with Crippen molar-refractivity contribution in [2.24, 2.45) is 5.92 Å². The first-order valence-electron chi connectivity index (χ1n) is 15.1. The summed E-state index contributed by atoms with van der Waals surface area (Å²) in [7, 11) is 0. The number of thiocarbonyl (C=S) groups is 1. The summed E-state index contributed by atoms with van der Waals surface area (Å²) in [5, 5.41) is 10.0. The van der Waals surface area contributed by atoms with Gasteiger partial charge in [0.25, 0.3) is 11.5 Å². The molecule has 8 heteroatoms. The highest BCUT2D eigenvalue weighted by Crippen LogP contribution is 2.40. The number of anilines is 1. The number of carbonyl (C=O) groups excluding carboxylic acids is 1. The van der Waals surface area contributed by atoms with Crippen LogP contribution in [0.4, 0.5) is 5.82 Å². The number of piperidine rings is 1. The van der Waals surface area contributed by atoms with Gasteiger partial charge in [-0.25, -0.2) is 0 Å². The topological polar surface area (TPSA) is 69.3 Å². The third-order valence-corrected chi connectivity index (χ3v) is 9.96. The number of unbranched alkanes of at least 4 members (excludes halogenated alkanes) is 1. The van der Waals surface area contributed by atoms with Gasteiger partial charge in [0.05, 0.1) is 10.9 Å². The lowest BCUT2D eigenvalue weighted by molar-refractivity contribution is -0.123. The maximum atomic E-state index is 13.8. The van der Waals surface area contributed by atoms with Crippen molar-refractivity contribution in [2.75, 3.05) is 18.0 Å². The largest absolute Gasteiger partial charge is 0.357 e. The van der Waals surface area contributed by atoms with Gasteiger partial charge in [-0.05, 0) is 68.2 Å². The SMILES string of the molecule is CCCCn1c(N2CCC(Cc3ccccc3)CC2)c(C=C2SC(=S)N(C(C)c3ccccc3)C2=O)c(C)c(C#N)c1=O. The number of benzene rings is 2. The Morgan fingerprint density at radius 2 is 1.72 bits per heavy atom. The Labute approximate surface area is 264 Å². The number of nitriles is 1. The minimum atomic E-state index is -0.253. The van der Waals surface area contributed by atoms with Crippen LogP contribution in [0.1, 0.15) is 73.4 Å². The van der Waals surface area contributed by atoms with E-state index in [4.69, 9.17) is 12.2 Å². The summed E-state index contributed by atoms with van der Waals surface area (Å²) in [6.45, 7) is 8.05. The summed E-state index contributed by atoms with van der Waals surface area (Å²) in [6, 6.07) is 22.4. The second-order valence-corrected chi connectivity index (χ2v) is 13.1. The zero-order valence-corrected chi connectivity index (χ0v) is 26.7. The lowest BCUT2D eigenvalue weighted by atomic mass is 9.90. The van der Waals surface area contributed by atoms with E-state index in [1.54, 1.807) is 9.47 Å². The van der Waals surface area contributed by atoms with Gasteiger partial charge in [-0.2, -0.15) is 5.26 Å². The number of carbonyl (C=O) groups is 1. The van der Waals surface area contributed by atoms with E-state index in [0.717, 1.165) is 62.1 Å². The number of hydrogen-bond donors (Lipinski definition) is 0. The van der Waals surface area contributed by atoms with Crippen LogP contribution in [-0.2, 0) is 17.8 Å². The van der Waals surface area contributed by atoms with Crippen molar-refractivity contribution in [1.82, 2.24) is 9.47 Å². The van der Waals surface area contributed by atoms with E-state index in [-0.39, 0.29) is 23.1 Å². The molecule has 1 aromatic heterocycles. The van der Waals surface area contributed by atoms with Gasteiger partial charge < -0.3 is 4.90 Å². The molecule has 1 amide bonds. The first kappa shape index (κ1) is 30.8. The first-order valence-corrected chi connectivity index (χ1v) is 16.3. The van der Waals surface area contributed by atoms with E-state index in [0.29, 0.717) is 27.3 Å². The Morgan fingerprint density at radius 1 is 1.07 bits per heavy atom. The second-order valence-electron chi connectivity index (χ2n) is 11.4. The van der Waals surface area contributed by atoms with Crippen LogP contribution in [0.2, 0.25) is 0 Å². The van der Waals surface area contributed by atoms with E-state index in [9.17, 15) is 14.9 Å². The monoisotopic (exact) mass is 610 g/mol. The smallest absolute Gasteiger partial charge is 0.270 e. The normalized spacial score (nSPS) is 17.5. The molecule has 2 aromatic carbocycles. The molecule has 5 rings (SSSR count). The number of aromatic nitrogens is 1. The van der Waals surface area contributed by atoms with Gasteiger partial charge in [0.15, 0.2) is 0 Å². The third-order valence-electron chi connectivity index (χ3n) is 8.63. The summed E-state index contributed by atoms with van der Waals surface area (Å²) in [5.41, 5.74) is 3.62. The van der Waals surface area contributed by atoms with Gasteiger partial charge in [0, 0.05) is 25.2 Å². The lowest BCUT2D eigenvalue weighted by Crippen LogP contribution is -2.40. The van der Waals surface area contributed by atoms with Crippen LogP contribution in [0.15, 0.2) is 70.4 Å². The Balaban J connectivity index is 1.53. The number of hydrogen-bond acceptors (Lipinski definition) is 6. The van der Waals surface area contributed by atoms with Crippen LogP contribution in [0.3, 0.4) is 0 Å². The first-order chi connectivity index (χ1) is 20.8. The van der Waals surface area contributed by atoms with Crippen molar-refractivity contribution in [3.8, 4) is 6.07 Å². The molecule has 2 aliphatic rings. The molecule has 0 radical (unpaired) electrons. The van der Waals surface area contributed by atoms with Crippen molar-refractivity contribution in [1.29, 1.82) is 5.26 Å². The maximum absolute atomic E-state index is 13.8. The van der Waals surface area contributed by atoms with Crippen LogP contribution >= 0.6 is 24.0 Å². The molecule has 0 N–H and O–H groups in total. The molecule has 6 nitrogen and oxygen atoms in total. The number of amides is 1. The highest BCUT2D eigenvalue weighted by molar-refractivity contribution is 8.26. The van der Waals surface area contributed by atoms with Crippen LogP contribution in [0.5, 0.6) is 0 Å². The molecule has 43 heavy (non-hydrogen) atoms. The number of rotatable bonds is 9. The minimum absolute atomic E-state index is 0.137. The summed E-state index contributed by atoms with van der Waals surface area (Å²) in [5.74, 6) is 1.23. The van der Waals surface area contributed by atoms with Crippen molar-refractivity contribution in [3.63, 3.8) is 0 Å². The van der Waals surface area contributed by atoms with Gasteiger partial charge in [0.2, 0.25) is 0 Å². The Hall–Kier alpha value is -3.67. The summed E-state index contributed by atoms with van der Waals surface area (Å²) < 4.78 is 2.29. The number of pyridine rings is 1. The fourth-order valence-corrected chi connectivity index (χ4v) is 7.53. The lowest BCUT2D eigenvalue weighted by Gasteiger charge is -2.36. The molecule has 3 heterocycles. The quantitative estimate of drug-likeness (QED) is 0.188. The predicted octanol–water partition coefficient (Wildman–Crippen LogP) is 7.25. The van der Waals surface area contributed by atoms with E-state index < -0.39 is 0 Å². The molecule has 1 atom stereocenters. The average molecular weight is 611 g/mol. The van der Waals surface area contributed by atoms with Crippen molar-refractivity contribution < 1.29 is 4.79 Å². The van der Waals surface area contributed by atoms with Crippen LogP contribution in [0, 0.1) is 24.2 Å². The molecule has 0 saturated carbocycles. The van der Waals surface area contributed by atoms with Crippen LogP contribution in [-0.4, -0.2) is 32.8 Å². The fourth-order valence-electron chi connectivity index (χ4n) is 6.13.